The van der Waals surface area contributed by atoms with Gasteiger partial charge in [-0.2, -0.15) is 4.58 Å². The molecule has 0 aromatic heterocycles. The SMILES string of the molecule is CC1(C)C(/C=C/C=C/C=C/C=C2/N(CCC(=O)NCCCO[C@H]3C4OC5[C@@H](CO)OC(CCCOC([C@@H](CO)O4)[C@@H]3O)[C@H](O)[C@H]5O)c3ccc4ccccc4c3C2(C)C)=[N+](CCC(=O)NCCCO[C@H]2C3CCCOC4[C@@H](CO)OC(OC([C@@H](CO)O3)[C@@H]2O)[C@H](O)[C@H]4O)c2ccc3ccccc3c21. The van der Waals surface area contributed by atoms with Gasteiger partial charge in [0.15, 0.2) is 24.8 Å². The molecule has 8 bridgehead atoms. The van der Waals surface area contributed by atoms with Crippen LogP contribution < -0.4 is 15.5 Å². The molecule has 8 unspecified atom stereocenters. The highest BCUT2D eigenvalue weighted by Gasteiger charge is 2.55. The molecule has 4 aromatic rings. The fourth-order valence-corrected chi connectivity index (χ4v) is 16.2. The van der Waals surface area contributed by atoms with Gasteiger partial charge in [0.1, 0.15) is 97.7 Å². The summed E-state index contributed by atoms with van der Waals surface area (Å²) in [6, 6.07) is 25.1. The number of hydrogen-bond donors (Lipinski definition) is 12. The number of amides is 2. The van der Waals surface area contributed by atoms with Crippen molar-refractivity contribution in [1.29, 1.82) is 0 Å². The Hall–Kier alpha value is -6.03. The number of ether oxygens (including phenoxy) is 10. The third-order valence-corrected chi connectivity index (χ3v) is 21.5. The van der Waals surface area contributed by atoms with Crippen LogP contribution in [0, 0.1) is 0 Å². The summed E-state index contributed by atoms with van der Waals surface area (Å²) < 4.78 is 62.8. The summed E-state index contributed by atoms with van der Waals surface area (Å²) >= 11 is 0. The summed E-state index contributed by atoms with van der Waals surface area (Å²) in [5.74, 6) is -0.334. The molecule has 2 amide bonds. The lowest BCUT2D eigenvalue weighted by Crippen LogP contribution is -2.65. The van der Waals surface area contributed by atoms with E-state index in [2.05, 4.69) is 108 Å². The van der Waals surface area contributed by atoms with E-state index in [0.717, 1.165) is 49.9 Å². The molecule has 14 heterocycles. The number of benzene rings is 4. The first-order valence-corrected chi connectivity index (χ1v) is 36.4. The van der Waals surface area contributed by atoms with Crippen LogP contribution in [0.2, 0.25) is 0 Å². The molecule has 14 aliphatic rings. The van der Waals surface area contributed by atoms with Gasteiger partial charge >= 0.3 is 0 Å². The third-order valence-electron chi connectivity index (χ3n) is 21.5. The highest BCUT2D eigenvalue weighted by Crippen LogP contribution is 2.51. The highest BCUT2D eigenvalue weighted by atomic mass is 16.7. The number of carbonyl (C=O) groups excluding carboxylic acids is 2. The molecule has 12 fully saturated rings. The molecule has 18 rings (SSSR count). The Labute approximate surface area is 599 Å². The fraction of sp³-hybridized carbons (Fsp3) is 0.597. The van der Waals surface area contributed by atoms with Gasteiger partial charge in [0.05, 0.1) is 50.5 Å². The Kier molecular flexibility index (Phi) is 25.5. The summed E-state index contributed by atoms with van der Waals surface area (Å²) in [6.45, 7) is 8.45. The number of nitrogens with zero attached hydrogens (tertiary/aromatic N) is 2. The maximum Gasteiger partial charge on any atom is 0.226 e. The van der Waals surface area contributed by atoms with Crippen LogP contribution in [0.1, 0.15) is 90.2 Å². The van der Waals surface area contributed by atoms with Gasteiger partial charge in [0.2, 0.25) is 17.5 Å². The number of allylic oxidation sites excluding steroid dienone is 8. The summed E-state index contributed by atoms with van der Waals surface area (Å²) in [6.07, 6.45) is -6.76. The quantitative estimate of drug-likeness (QED) is 0.0272. The Morgan fingerprint density at radius 2 is 1.07 bits per heavy atom. The number of hydrogen-bond acceptors (Lipinski definition) is 23. The van der Waals surface area contributed by atoms with E-state index in [-0.39, 0.29) is 64.2 Å². The zero-order valence-electron chi connectivity index (χ0n) is 58.9. The van der Waals surface area contributed by atoms with Gasteiger partial charge < -0.3 is 114 Å². The van der Waals surface area contributed by atoms with Gasteiger partial charge in [-0.3, -0.25) is 9.59 Å². The van der Waals surface area contributed by atoms with E-state index in [4.69, 9.17) is 47.4 Å². The molecule has 0 aliphatic carbocycles. The Bertz CT molecular complexity index is 3710. The molecule has 0 spiro atoms. The van der Waals surface area contributed by atoms with E-state index < -0.39 is 160 Å². The second kappa shape index (κ2) is 34.3. The number of aliphatic hydroxyl groups is 10. The minimum absolute atomic E-state index is 0.0438. The predicted octanol–water partition coefficient (Wildman–Crippen LogP) is 2.53. The van der Waals surface area contributed by atoms with E-state index in [9.17, 15) is 60.7 Å². The fourth-order valence-electron chi connectivity index (χ4n) is 16.2. The van der Waals surface area contributed by atoms with Crippen molar-refractivity contribution in [3.8, 4) is 0 Å². The molecule has 20 atom stereocenters. The van der Waals surface area contributed by atoms with Crippen LogP contribution in [-0.4, -0.2) is 275 Å². The number of anilines is 1. The molecule has 12 N–H and O–H groups in total. The van der Waals surface area contributed by atoms with Gasteiger partial charge in [0, 0.05) is 87.0 Å². The molecule has 12 saturated heterocycles. The van der Waals surface area contributed by atoms with Crippen molar-refractivity contribution in [2.75, 3.05) is 83.9 Å². The normalized spacial score (nSPS) is 34.1. The molecule has 26 nitrogen and oxygen atoms in total. The van der Waals surface area contributed by atoms with Crippen molar-refractivity contribution in [3.63, 3.8) is 0 Å². The smallest absolute Gasteiger partial charge is 0.226 e. The van der Waals surface area contributed by atoms with E-state index in [1.165, 1.54) is 5.56 Å². The Balaban J connectivity index is 0.673. The van der Waals surface area contributed by atoms with Crippen LogP contribution in [0.3, 0.4) is 0 Å². The number of aliphatic hydroxyl groups excluding tert-OH is 10. The van der Waals surface area contributed by atoms with Crippen molar-refractivity contribution in [1.82, 2.24) is 10.6 Å². The lowest BCUT2D eigenvalue weighted by Gasteiger charge is -2.47. The molecule has 0 radical (unpaired) electrons. The monoisotopic (exact) mass is 1440 g/mol. The summed E-state index contributed by atoms with van der Waals surface area (Å²) in [7, 11) is 0. The van der Waals surface area contributed by atoms with E-state index in [1.54, 1.807) is 0 Å². The Morgan fingerprint density at radius 3 is 1.74 bits per heavy atom. The van der Waals surface area contributed by atoms with Crippen LogP contribution in [0.15, 0.2) is 121 Å². The van der Waals surface area contributed by atoms with E-state index >= 15 is 0 Å². The number of rotatable bonds is 24. The minimum Gasteiger partial charge on any atom is -0.394 e. The average Bonchev–Trinajstić information content (AvgIpc) is 1.58. The molecule has 0 saturated carbocycles. The largest absolute Gasteiger partial charge is 0.394 e. The van der Waals surface area contributed by atoms with Crippen LogP contribution in [-0.2, 0) is 67.8 Å². The molecule has 562 valence electrons. The lowest BCUT2D eigenvalue weighted by molar-refractivity contribution is -0.436. The first-order valence-electron chi connectivity index (χ1n) is 36.4. The average molecular weight is 1440 g/mol. The van der Waals surface area contributed by atoms with Crippen LogP contribution >= 0.6 is 0 Å². The van der Waals surface area contributed by atoms with Gasteiger partial charge in [0.25, 0.3) is 0 Å². The molecular weight excluding hydrogens is 1330 g/mol. The van der Waals surface area contributed by atoms with Gasteiger partial charge in [-0.25, -0.2) is 0 Å². The molecular formula is C77H103N4O22+. The van der Waals surface area contributed by atoms with Crippen LogP contribution in [0.25, 0.3) is 21.5 Å². The van der Waals surface area contributed by atoms with Gasteiger partial charge in [-0.15, -0.1) is 0 Å². The maximum absolute atomic E-state index is 13.8. The molecule has 4 aromatic carbocycles. The number of nitrogens with one attached hydrogen (secondary N) is 2. The topological polar surface area (TPSA) is 359 Å². The molecule has 26 heteroatoms. The first kappa shape index (κ1) is 76.6. The van der Waals surface area contributed by atoms with Gasteiger partial charge in [-0.1, -0.05) is 98.8 Å². The summed E-state index contributed by atoms with van der Waals surface area (Å²) in [5, 5.41) is 119. The Morgan fingerprint density at radius 1 is 0.544 bits per heavy atom. The van der Waals surface area contributed by atoms with Crippen molar-refractivity contribution in [2.24, 2.45) is 0 Å². The van der Waals surface area contributed by atoms with E-state index in [1.807, 2.05) is 54.6 Å². The van der Waals surface area contributed by atoms with Crippen molar-refractivity contribution in [2.45, 2.75) is 212 Å². The number of carbonyl (C=O) groups is 2. The van der Waals surface area contributed by atoms with Crippen molar-refractivity contribution >= 4 is 50.4 Å². The molecule has 103 heavy (non-hydrogen) atoms. The zero-order valence-corrected chi connectivity index (χ0v) is 58.9. The van der Waals surface area contributed by atoms with Crippen LogP contribution in [0.4, 0.5) is 11.4 Å². The maximum atomic E-state index is 13.8. The minimum atomic E-state index is -1.59. The van der Waals surface area contributed by atoms with Crippen molar-refractivity contribution in [3.05, 3.63) is 132 Å². The summed E-state index contributed by atoms with van der Waals surface area (Å²) in [5.41, 5.74) is 5.50. The number of fused-ring (bicyclic) bond motifs is 6. The third kappa shape index (κ3) is 16.3. The van der Waals surface area contributed by atoms with E-state index in [0.29, 0.717) is 51.6 Å². The second-order valence-corrected chi connectivity index (χ2v) is 28.9. The zero-order chi connectivity index (χ0) is 72.7. The first-order chi connectivity index (χ1) is 49.8. The van der Waals surface area contributed by atoms with Crippen LogP contribution in [0.5, 0.6) is 0 Å². The molecule has 14 aliphatic heterocycles. The second-order valence-electron chi connectivity index (χ2n) is 28.9. The summed E-state index contributed by atoms with van der Waals surface area (Å²) in [4.78, 5) is 29.7. The lowest BCUT2D eigenvalue weighted by atomic mass is 9.79. The van der Waals surface area contributed by atoms with Gasteiger partial charge in [-0.05, 0) is 97.7 Å². The highest BCUT2D eigenvalue weighted by molar-refractivity contribution is 6.07. The standard InChI is InChI=1S/C77H102N4O22/c1-76(2)56(80(48-28-26-44-18-10-12-20-46(44)60(48)76)34-30-58(86)78-32-16-38-96-68-51-23-15-37-94-69-52(40-82)100-74(65(91)64(69)90)102-72(66(68)92)55(43-85)99-51)24-8-6-5-7-9-25-57-77(3,4)61-47-21-13-11-19-45(47)27-29-49(61)81(57)35-31-59(87)79-33-17-39-97-73-67(93)70-53(41-83)101-75(73)103-71-54(42-84)98-50(22-14-36-95-70)62(88)63(71)89/h5-13,18-21,24-29,50-55,62-75,82-85,88-93H,14-17,22-23,30-43H2,1-4H3,(H-,78,79,86,87)/p+1/t50?,51?,52-,53-,54-,55-,62+,63-,64-,65-,66-,67+,68+,69?,70?,71?,72?,73-,74?,75?/m1/s1. The predicted molar refractivity (Wildman–Crippen MR) is 377 cm³/mol. The van der Waals surface area contributed by atoms with Crippen molar-refractivity contribution < 1.29 is 113 Å².